The largest absolute Gasteiger partial charge is 1.00 e. The van der Waals surface area contributed by atoms with Gasteiger partial charge in [0.15, 0.2) is 0 Å². The van der Waals surface area contributed by atoms with E-state index in [-0.39, 0.29) is 53.6 Å². The fourth-order valence-electron chi connectivity index (χ4n) is 3.57. The molecule has 0 radical (unpaired) electrons. The third-order valence-electron chi connectivity index (χ3n) is 4.89. The van der Waals surface area contributed by atoms with Gasteiger partial charge in [0, 0.05) is 32.9 Å². The van der Waals surface area contributed by atoms with Crippen molar-refractivity contribution in [3.8, 4) is 0 Å². The quantitative estimate of drug-likeness (QED) is 0.373. The molecule has 0 spiro atoms. The van der Waals surface area contributed by atoms with Crippen molar-refractivity contribution in [1.82, 2.24) is 10.2 Å². The number of nitrogens with one attached hydrogen (secondary N) is 1. The molecule has 2 rings (SSSR count). The summed E-state index contributed by atoms with van der Waals surface area (Å²) in [5, 5.41) is 2.87. The Bertz CT molecular complexity index is 703. The van der Waals surface area contributed by atoms with Crippen LogP contribution in [0.4, 0.5) is 4.79 Å². The van der Waals surface area contributed by atoms with E-state index in [1.54, 1.807) is 0 Å². The third kappa shape index (κ3) is 12.6. The van der Waals surface area contributed by atoms with Crippen molar-refractivity contribution in [2.24, 2.45) is 5.73 Å². The molecule has 12 nitrogen and oxygen atoms in total. The van der Waals surface area contributed by atoms with Gasteiger partial charge in [-0.2, -0.15) is 0 Å². The molecule has 1 saturated carbocycles. The molecule has 2 fully saturated rings. The number of carbonyl (C=O) groups is 5. The number of alkyl carbamates (subject to hydrolysis) is 1. The van der Waals surface area contributed by atoms with Crippen molar-refractivity contribution in [2.75, 3.05) is 6.54 Å². The average molecular weight is 495 g/mol. The maximum absolute atomic E-state index is 11.6. The number of amides is 2. The van der Waals surface area contributed by atoms with Crippen LogP contribution >= 0.6 is 0 Å². The van der Waals surface area contributed by atoms with Crippen LogP contribution in [0.2, 0.25) is 0 Å². The second-order valence-corrected chi connectivity index (χ2v) is 9.03. The summed E-state index contributed by atoms with van der Waals surface area (Å²) in [4.78, 5) is 56.5. The molecular formula is C20H35BN3NaO9. The predicted octanol–water partition coefficient (Wildman–Crippen LogP) is -2.61. The molecule has 1 aliphatic carbocycles. The molecule has 1 aliphatic heterocycles. The van der Waals surface area contributed by atoms with Crippen LogP contribution in [-0.4, -0.2) is 72.4 Å². The topological polar surface area (TPSA) is 164 Å². The minimum absolute atomic E-state index is 0. The van der Waals surface area contributed by atoms with Crippen molar-refractivity contribution in [1.29, 1.82) is 0 Å². The maximum atomic E-state index is 11.6. The Morgan fingerprint density at radius 3 is 1.79 bits per heavy atom. The Balaban J connectivity index is 0.000000684. The molecule has 3 N–H and O–H groups in total. The van der Waals surface area contributed by atoms with Crippen LogP contribution in [0, 0.1) is 0 Å². The second kappa shape index (κ2) is 14.5. The van der Waals surface area contributed by atoms with Gasteiger partial charge in [-0.15, -0.1) is 0 Å². The zero-order chi connectivity index (χ0) is 25.3. The Hall–Kier alpha value is -1.83. The molecule has 14 heteroatoms. The summed E-state index contributed by atoms with van der Waals surface area (Å²) in [6, 6.07) is 0.376. The summed E-state index contributed by atoms with van der Waals surface area (Å²) in [6.07, 6.45) is 3.24. The van der Waals surface area contributed by atoms with Gasteiger partial charge >= 0.3 is 43.0 Å². The number of primary amides is 1. The fourth-order valence-corrected chi connectivity index (χ4v) is 3.57. The van der Waals surface area contributed by atoms with Gasteiger partial charge in [0.2, 0.25) is 5.91 Å². The summed E-state index contributed by atoms with van der Waals surface area (Å²) >= 11 is 0. The Kier molecular flexibility index (Phi) is 13.8. The summed E-state index contributed by atoms with van der Waals surface area (Å²) in [7, 11) is -2.41. The van der Waals surface area contributed by atoms with E-state index in [0.29, 0.717) is 6.04 Å². The minimum Gasteiger partial charge on any atom is -0.625 e. The normalized spacial score (nSPS) is 21.6. The van der Waals surface area contributed by atoms with Crippen molar-refractivity contribution in [3.63, 3.8) is 0 Å². The van der Waals surface area contributed by atoms with Gasteiger partial charge in [0.25, 0.3) is 17.9 Å². The van der Waals surface area contributed by atoms with Gasteiger partial charge in [-0.1, -0.05) is 0 Å². The molecule has 0 unspecified atom stereocenters. The number of carbonyl (C=O) groups excluding carboxylic acids is 5. The van der Waals surface area contributed by atoms with E-state index in [9.17, 15) is 24.0 Å². The van der Waals surface area contributed by atoms with Crippen LogP contribution in [-0.2, 0) is 37.9 Å². The number of likely N-dealkylation sites (tertiary alicyclic amines) is 1. The first-order valence-electron chi connectivity index (χ1n) is 10.9. The van der Waals surface area contributed by atoms with E-state index in [4.69, 9.17) is 10.5 Å². The molecule has 2 aliphatic rings. The van der Waals surface area contributed by atoms with Crippen LogP contribution in [0.3, 0.4) is 0 Å². The van der Waals surface area contributed by atoms with Gasteiger partial charge in [-0.3, -0.25) is 24.1 Å². The summed E-state index contributed by atoms with van der Waals surface area (Å²) in [5.74, 6) is -2.27. The van der Waals surface area contributed by atoms with Gasteiger partial charge in [0.1, 0.15) is 5.60 Å². The van der Waals surface area contributed by atoms with E-state index in [1.807, 2.05) is 20.8 Å². The second-order valence-electron chi connectivity index (χ2n) is 9.03. The molecule has 188 valence electrons. The predicted molar refractivity (Wildman–Crippen MR) is 118 cm³/mol. The Morgan fingerprint density at radius 1 is 0.941 bits per heavy atom. The molecule has 0 aromatic carbocycles. The summed E-state index contributed by atoms with van der Waals surface area (Å²) < 4.78 is 18.5. The molecule has 0 aromatic rings. The average Bonchev–Trinajstić information content (AvgIpc) is 3.04. The van der Waals surface area contributed by atoms with Crippen molar-refractivity contribution in [3.05, 3.63) is 0 Å². The molecule has 1 heterocycles. The summed E-state index contributed by atoms with van der Waals surface area (Å²) in [5.41, 5.74) is 4.95. The SMILES string of the molecule is CC(=O)O[BH-](OC(C)=O)OC(C)=O.CC(C)(C)OC(=O)NC1CC(N2CCC[C@H]2C(N)=O)C1.[Na+]. The number of hydrogen-bond acceptors (Lipinski definition) is 10. The fraction of sp³-hybridized carbons (Fsp3) is 0.750. The van der Waals surface area contributed by atoms with E-state index in [1.165, 1.54) is 0 Å². The van der Waals surface area contributed by atoms with Crippen LogP contribution in [0.1, 0.15) is 67.2 Å². The smallest absolute Gasteiger partial charge is 0.625 e. The van der Waals surface area contributed by atoms with Gasteiger partial charge in [0.05, 0.1) is 6.04 Å². The third-order valence-corrected chi connectivity index (χ3v) is 4.89. The van der Waals surface area contributed by atoms with Crippen LogP contribution < -0.4 is 40.6 Å². The standard InChI is InChI=1S/C14H25N3O3.C6H10BO6.Na/c1-14(2,3)20-13(19)16-9-7-10(8-9)17-6-4-5-11(17)12(15)18;1-4(8)11-7(12-5(2)9)13-6(3)10;/h9-11H,4-8H2,1-3H3,(H2,15,18)(H,16,19);7H,1-3H3;/q;-1;+1/t9?,10?,11-;;/m0../s1. The number of ether oxygens (including phenoxy) is 1. The zero-order valence-corrected chi connectivity index (χ0v) is 23.2. The maximum Gasteiger partial charge on any atom is 1.00 e. The molecule has 2 amide bonds. The van der Waals surface area contributed by atoms with E-state index < -0.39 is 30.8 Å². The van der Waals surface area contributed by atoms with E-state index in [0.717, 1.165) is 53.0 Å². The number of rotatable bonds is 6. The number of nitrogens with two attached hydrogens (primary N) is 1. The molecular weight excluding hydrogens is 460 g/mol. The van der Waals surface area contributed by atoms with Crippen LogP contribution in [0.15, 0.2) is 0 Å². The Labute approximate surface area is 222 Å². The first-order chi connectivity index (χ1) is 15.2. The number of hydrogen-bond donors (Lipinski definition) is 2. The van der Waals surface area contributed by atoms with Crippen molar-refractivity contribution >= 4 is 37.2 Å². The number of nitrogens with zero attached hydrogens (tertiary/aromatic N) is 1. The molecule has 0 aromatic heterocycles. The van der Waals surface area contributed by atoms with E-state index >= 15 is 0 Å². The molecule has 1 atom stereocenters. The monoisotopic (exact) mass is 495 g/mol. The van der Waals surface area contributed by atoms with Gasteiger partial charge in [-0.25, -0.2) is 4.79 Å². The van der Waals surface area contributed by atoms with E-state index in [2.05, 4.69) is 24.2 Å². The van der Waals surface area contributed by atoms with Crippen LogP contribution in [0.5, 0.6) is 0 Å². The van der Waals surface area contributed by atoms with Crippen molar-refractivity contribution in [2.45, 2.75) is 91.0 Å². The van der Waals surface area contributed by atoms with Crippen LogP contribution in [0.25, 0.3) is 0 Å². The first kappa shape index (κ1) is 32.2. The van der Waals surface area contributed by atoms with Gasteiger partial charge in [-0.05, 0) is 53.0 Å². The van der Waals surface area contributed by atoms with Gasteiger partial charge < -0.3 is 29.8 Å². The molecule has 1 saturated heterocycles. The first-order valence-corrected chi connectivity index (χ1v) is 10.9. The zero-order valence-electron chi connectivity index (χ0n) is 21.2. The molecule has 0 bridgehead atoms. The van der Waals surface area contributed by atoms with Crippen molar-refractivity contribution < 1.29 is 72.2 Å². The Morgan fingerprint density at radius 2 is 1.41 bits per heavy atom. The summed E-state index contributed by atoms with van der Waals surface area (Å²) in [6.45, 7) is 9.82. The minimum atomic E-state index is -2.41. The molecule has 34 heavy (non-hydrogen) atoms.